The van der Waals surface area contributed by atoms with Crippen molar-refractivity contribution in [2.45, 2.75) is 343 Å². The molecule has 19 heteroatoms. The Morgan fingerprint density at radius 3 is 1.15 bits per heavy atom. The van der Waals surface area contributed by atoms with E-state index in [-0.39, 0.29) is 18.9 Å². The summed E-state index contributed by atoms with van der Waals surface area (Å²) >= 11 is 0. The van der Waals surface area contributed by atoms with Gasteiger partial charge >= 0.3 is 0 Å². The van der Waals surface area contributed by atoms with Gasteiger partial charge in [0.05, 0.1) is 38.6 Å². The Morgan fingerprint density at radius 1 is 0.394 bits per heavy atom. The van der Waals surface area contributed by atoms with Gasteiger partial charge in [-0.1, -0.05) is 252 Å². The van der Waals surface area contributed by atoms with Crippen LogP contribution in [0.1, 0.15) is 239 Å². The van der Waals surface area contributed by atoms with E-state index < -0.39 is 124 Å². The second kappa shape index (κ2) is 55.6. The molecule has 3 aliphatic heterocycles. The molecule has 3 saturated heterocycles. The lowest BCUT2D eigenvalue weighted by molar-refractivity contribution is -0.379. The zero-order chi connectivity index (χ0) is 68.2. The maximum atomic E-state index is 13.4. The molecular weight excluding hydrogens is 1200 g/mol. The van der Waals surface area contributed by atoms with Crippen molar-refractivity contribution in [1.29, 1.82) is 0 Å². The molecule has 0 saturated carbocycles. The number of aliphatic hydroxyl groups is 11. The quantitative estimate of drug-likeness (QED) is 0.0199. The van der Waals surface area contributed by atoms with Crippen LogP contribution >= 0.6 is 0 Å². The zero-order valence-electron chi connectivity index (χ0n) is 57.4. The number of carbonyl (C=O) groups is 1. The smallest absolute Gasteiger partial charge is 0.220 e. The normalized spacial score (nSPS) is 27.9. The molecule has 3 rings (SSSR count). The topological polar surface area (TPSA) is 307 Å². The summed E-state index contributed by atoms with van der Waals surface area (Å²) in [5.41, 5.74) is 0. The SMILES string of the molecule is CC/C=C\C/C=C\C/C=C\C/C=C\C/C=C\C/C=C\C/C=C\C/C=C\CCCCCCCCCCCCCCC(=O)NC(COC1OC(CO)C(OC2OC(CO)C(OC3OC(CO)C(O)C(O)C3O)C(O)C2O)C(O)C1O)C(O)CCCCCCCCCCCCCC. The van der Waals surface area contributed by atoms with Crippen molar-refractivity contribution in [3.63, 3.8) is 0 Å². The van der Waals surface area contributed by atoms with Crippen LogP contribution in [0.4, 0.5) is 0 Å². The Kier molecular flexibility index (Phi) is 50.2. The van der Waals surface area contributed by atoms with Crippen LogP contribution in [0.15, 0.2) is 97.2 Å². The third kappa shape index (κ3) is 36.5. The number of amides is 1. The minimum atomic E-state index is -1.98. The standard InChI is InChI=1S/C75H129NO18/c1-3-5-7-9-11-13-15-17-18-19-20-21-22-23-24-25-26-27-28-29-30-31-32-33-34-35-36-37-38-39-40-41-43-45-47-49-51-53-63(81)76-58(59(80)52-50-48-46-44-42-16-14-12-10-8-6-4-2)57-89-73-69(87)66(84)71(61(55-78)91-73)94-75-70(88)67(85)72(62(56-79)92-75)93-74-68(86)65(83)64(82)60(54-77)90-74/h5,7,11,13,17-18,20-21,23-24,26-27,29-30,32-33,58-62,64-75,77-80,82-88H,3-4,6,8-10,12,14-16,19,22,25,28,31,34-57H2,1-2H3,(H,76,81)/b7-5-,13-11-,18-17-,21-20-,24-23-,27-26-,30-29-,33-32-. The molecule has 0 aromatic rings. The van der Waals surface area contributed by atoms with Crippen LogP contribution < -0.4 is 5.32 Å². The number of allylic oxidation sites excluding steroid dienone is 16. The average Bonchev–Trinajstić information content (AvgIpc) is 0.794. The lowest BCUT2D eigenvalue weighted by atomic mass is 9.96. The first-order chi connectivity index (χ1) is 45.8. The minimum Gasteiger partial charge on any atom is -0.394 e. The van der Waals surface area contributed by atoms with Gasteiger partial charge in [-0.25, -0.2) is 0 Å². The zero-order valence-corrected chi connectivity index (χ0v) is 57.4. The molecule has 12 N–H and O–H groups in total. The van der Waals surface area contributed by atoms with Crippen molar-refractivity contribution < 1.29 is 89.4 Å². The largest absolute Gasteiger partial charge is 0.394 e. The molecule has 3 aliphatic rings. The summed E-state index contributed by atoms with van der Waals surface area (Å²) in [7, 11) is 0. The van der Waals surface area contributed by atoms with Crippen molar-refractivity contribution in [2.75, 3.05) is 26.4 Å². The molecule has 0 radical (unpaired) electrons. The van der Waals surface area contributed by atoms with Gasteiger partial charge in [0.25, 0.3) is 0 Å². The van der Waals surface area contributed by atoms with E-state index in [0.29, 0.717) is 12.8 Å². The summed E-state index contributed by atoms with van der Waals surface area (Å²) in [6.45, 7) is 1.66. The van der Waals surface area contributed by atoms with Crippen LogP contribution in [0.5, 0.6) is 0 Å². The molecule has 3 fully saturated rings. The van der Waals surface area contributed by atoms with E-state index >= 15 is 0 Å². The van der Waals surface area contributed by atoms with Crippen LogP contribution in [-0.2, 0) is 33.2 Å². The first-order valence-electron chi connectivity index (χ1n) is 36.5. The van der Waals surface area contributed by atoms with E-state index in [4.69, 9.17) is 28.4 Å². The summed E-state index contributed by atoms with van der Waals surface area (Å²) in [4.78, 5) is 13.4. The average molecular weight is 1330 g/mol. The molecule has 0 aromatic heterocycles. The van der Waals surface area contributed by atoms with Crippen LogP contribution in [-0.4, -0.2) is 193 Å². The summed E-state index contributed by atoms with van der Waals surface area (Å²) < 4.78 is 34.4. The molecule has 17 unspecified atom stereocenters. The van der Waals surface area contributed by atoms with E-state index in [1.807, 2.05) is 0 Å². The number of carbonyl (C=O) groups excluding carboxylic acids is 1. The van der Waals surface area contributed by atoms with Gasteiger partial charge in [-0.05, 0) is 77.0 Å². The summed E-state index contributed by atoms with van der Waals surface area (Å²) in [5.74, 6) is -0.249. The van der Waals surface area contributed by atoms with Crippen LogP contribution in [0.3, 0.4) is 0 Å². The summed E-state index contributed by atoms with van der Waals surface area (Å²) in [6, 6.07) is -0.893. The van der Waals surface area contributed by atoms with E-state index in [9.17, 15) is 61.0 Å². The lowest BCUT2D eigenvalue weighted by Crippen LogP contribution is -2.66. The van der Waals surface area contributed by atoms with Crippen LogP contribution in [0, 0.1) is 0 Å². The number of ether oxygens (including phenoxy) is 6. The number of aliphatic hydroxyl groups excluding tert-OH is 11. The second-order valence-corrected chi connectivity index (χ2v) is 25.7. The molecule has 94 heavy (non-hydrogen) atoms. The molecule has 0 aromatic carbocycles. The van der Waals surface area contributed by atoms with E-state index in [1.165, 1.54) is 103 Å². The number of hydrogen-bond donors (Lipinski definition) is 12. The lowest BCUT2D eigenvalue weighted by Gasteiger charge is -2.48. The number of nitrogens with one attached hydrogen (secondary N) is 1. The van der Waals surface area contributed by atoms with Gasteiger partial charge in [-0.15, -0.1) is 0 Å². The molecule has 0 aliphatic carbocycles. The van der Waals surface area contributed by atoms with Crippen molar-refractivity contribution in [3.8, 4) is 0 Å². The minimum absolute atomic E-state index is 0.249. The highest BCUT2D eigenvalue weighted by molar-refractivity contribution is 5.76. The molecule has 19 nitrogen and oxygen atoms in total. The first-order valence-corrected chi connectivity index (χ1v) is 36.5. The molecule has 0 spiro atoms. The van der Waals surface area contributed by atoms with Gasteiger partial charge in [0.2, 0.25) is 5.91 Å². The fraction of sp³-hybridized carbons (Fsp3) is 0.773. The molecule has 17 atom stereocenters. The third-order valence-electron chi connectivity index (χ3n) is 17.7. The van der Waals surface area contributed by atoms with Gasteiger partial charge in [-0.2, -0.15) is 0 Å². The van der Waals surface area contributed by atoms with Gasteiger partial charge in [0.15, 0.2) is 18.9 Å². The number of unbranched alkanes of at least 4 members (excludes halogenated alkanes) is 23. The maximum absolute atomic E-state index is 13.4. The fourth-order valence-electron chi connectivity index (χ4n) is 11.8. The van der Waals surface area contributed by atoms with Gasteiger partial charge in [0, 0.05) is 6.42 Å². The molecule has 3 heterocycles. The first kappa shape index (κ1) is 84.9. The van der Waals surface area contributed by atoms with Crippen molar-refractivity contribution in [2.24, 2.45) is 0 Å². The highest BCUT2D eigenvalue weighted by Crippen LogP contribution is 2.33. The van der Waals surface area contributed by atoms with Gasteiger partial charge in [0.1, 0.15) is 73.2 Å². The Hall–Kier alpha value is -3.29. The highest BCUT2D eigenvalue weighted by atomic mass is 16.8. The van der Waals surface area contributed by atoms with E-state index in [2.05, 4.69) is 116 Å². The van der Waals surface area contributed by atoms with Gasteiger partial charge in [-0.3, -0.25) is 4.79 Å². The van der Waals surface area contributed by atoms with Crippen LogP contribution in [0.2, 0.25) is 0 Å². The predicted octanol–water partition coefficient (Wildman–Crippen LogP) is 10.4. The van der Waals surface area contributed by atoms with Crippen molar-refractivity contribution >= 4 is 5.91 Å². The molecule has 0 bridgehead atoms. The van der Waals surface area contributed by atoms with Crippen molar-refractivity contribution in [3.05, 3.63) is 97.2 Å². The molecule has 542 valence electrons. The second-order valence-electron chi connectivity index (χ2n) is 25.7. The predicted molar refractivity (Wildman–Crippen MR) is 369 cm³/mol. The third-order valence-corrected chi connectivity index (χ3v) is 17.7. The summed E-state index contributed by atoms with van der Waals surface area (Å²) in [6.07, 6.45) is 46.4. The van der Waals surface area contributed by atoms with Crippen molar-refractivity contribution in [1.82, 2.24) is 5.32 Å². The Labute approximate surface area is 564 Å². The summed E-state index contributed by atoms with van der Waals surface area (Å²) in [5, 5.41) is 121. The van der Waals surface area contributed by atoms with Gasteiger partial charge < -0.3 is 89.9 Å². The van der Waals surface area contributed by atoms with E-state index in [0.717, 1.165) is 103 Å². The Morgan fingerprint density at radius 2 is 0.734 bits per heavy atom. The maximum Gasteiger partial charge on any atom is 0.220 e. The van der Waals surface area contributed by atoms with E-state index in [1.54, 1.807) is 0 Å². The monoisotopic (exact) mass is 1330 g/mol. The number of hydrogen-bond acceptors (Lipinski definition) is 18. The Balaban J connectivity index is 1.33. The Bertz CT molecular complexity index is 2080. The number of rotatable bonds is 55. The van der Waals surface area contributed by atoms with Crippen LogP contribution in [0.25, 0.3) is 0 Å². The molecular formula is C75H129NO18. The fourth-order valence-corrected chi connectivity index (χ4v) is 11.8. The molecule has 1 amide bonds. The highest BCUT2D eigenvalue weighted by Gasteiger charge is 2.53.